The van der Waals surface area contributed by atoms with E-state index in [9.17, 15) is 4.79 Å². The number of urea groups is 1. The van der Waals surface area contributed by atoms with Gasteiger partial charge in [-0.1, -0.05) is 35.8 Å². The number of nitrogens with two attached hydrogens (primary N) is 1. The molecule has 0 spiro atoms. The number of rotatable bonds is 9. The van der Waals surface area contributed by atoms with E-state index in [0.29, 0.717) is 42.6 Å². The van der Waals surface area contributed by atoms with Crippen molar-refractivity contribution in [3.63, 3.8) is 0 Å². The van der Waals surface area contributed by atoms with Gasteiger partial charge in [0.2, 0.25) is 0 Å². The standard InChI is InChI=1S/C20H26BrN3O3/c1-3-8-26-18-12-17(22)19(27-9-4-2)10-14(18)13-23-20(25)24-16-7-5-6-15(21)11-16/h5-7,10-12H,3-4,8-9,13,22H2,1-2H3,(H2,23,24,25). The number of ether oxygens (including phenoxy) is 2. The van der Waals surface area contributed by atoms with E-state index in [0.717, 1.165) is 22.9 Å². The minimum atomic E-state index is -0.303. The van der Waals surface area contributed by atoms with Gasteiger partial charge in [0.1, 0.15) is 11.5 Å². The van der Waals surface area contributed by atoms with Gasteiger partial charge >= 0.3 is 6.03 Å². The van der Waals surface area contributed by atoms with Gasteiger partial charge in [0, 0.05) is 28.3 Å². The normalized spacial score (nSPS) is 10.3. The highest BCUT2D eigenvalue weighted by molar-refractivity contribution is 9.10. The highest BCUT2D eigenvalue weighted by atomic mass is 79.9. The van der Waals surface area contributed by atoms with Crippen molar-refractivity contribution in [3.05, 3.63) is 46.4 Å². The number of carbonyl (C=O) groups is 1. The first-order chi connectivity index (χ1) is 13.0. The number of halogens is 1. The van der Waals surface area contributed by atoms with Crippen LogP contribution in [0.3, 0.4) is 0 Å². The third-order valence-corrected chi connectivity index (χ3v) is 4.13. The molecule has 2 aromatic rings. The minimum Gasteiger partial charge on any atom is -0.493 e. The fourth-order valence-electron chi connectivity index (χ4n) is 2.36. The Morgan fingerprint density at radius 1 is 1.07 bits per heavy atom. The van der Waals surface area contributed by atoms with E-state index in [1.54, 1.807) is 6.07 Å². The smallest absolute Gasteiger partial charge is 0.319 e. The third kappa shape index (κ3) is 6.67. The van der Waals surface area contributed by atoms with Gasteiger partial charge in [0.05, 0.1) is 18.9 Å². The number of anilines is 2. The van der Waals surface area contributed by atoms with Crippen LogP contribution in [0.15, 0.2) is 40.9 Å². The predicted molar refractivity (Wildman–Crippen MR) is 112 cm³/mol. The molecule has 0 saturated carbocycles. The third-order valence-electron chi connectivity index (χ3n) is 3.64. The molecule has 0 aliphatic rings. The van der Waals surface area contributed by atoms with Gasteiger partial charge < -0.3 is 25.8 Å². The number of carbonyl (C=O) groups excluding carboxylic acids is 1. The van der Waals surface area contributed by atoms with Gasteiger partial charge in [-0.2, -0.15) is 0 Å². The highest BCUT2D eigenvalue weighted by Crippen LogP contribution is 2.31. The summed E-state index contributed by atoms with van der Waals surface area (Å²) < 4.78 is 12.4. The molecule has 0 atom stereocenters. The molecule has 2 aromatic carbocycles. The predicted octanol–water partition coefficient (Wildman–Crippen LogP) is 4.93. The van der Waals surface area contributed by atoms with Crippen LogP contribution in [0, 0.1) is 0 Å². The summed E-state index contributed by atoms with van der Waals surface area (Å²) in [5.41, 5.74) is 8.11. The van der Waals surface area contributed by atoms with Gasteiger partial charge in [0.25, 0.3) is 0 Å². The van der Waals surface area contributed by atoms with Crippen LogP contribution in [0.25, 0.3) is 0 Å². The second-order valence-corrected chi connectivity index (χ2v) is 6.93. The molecule has 0 aliphatic heterocycles. The van der Waals surface area contributed by atoms with Crippen molar-refractivity contribution in [1.29, 1.82) is 0 Å². The van der Waals surface area contributed by atoms with Gasteiger partial charge in [-0.3, -0.25) is 0 Å². The largest absolute Gasteiger partial charge is 0.493 e. The Morgan fingerprint density at radius 2 is 1.78 bits per heavy atom. The number of nitrogens with one attached hydrogen (secondary N) is 2. The van der Waals surface area contributed by atoms with Crippen LogP contribution in [0.2, 0.25) is 0 Å². The maximum atomic E-state index is 12.2. The number of hydrogen-bond acceptors (Lipinski definition) is 4. The molecule has 2 amide bonds. The number of hydrogen-bond donors (Lipinski definition) is 3. The lowest BCUT2D eigenvalue weighted by Gasteiger charge is -2.16. The Morgan fingerprint density at radius 3 is 2.44 bits per heavy atom. The number of amides is 2. The molecule has 0 saturated heterocycles. The summed E-state index contributed by atoms with van der Waals surface area (Å²) >= 11 is 3.38. The lowest BCUT2D eigenvalue weighted by molar-refractivity contribution is 0.251. The maximum Gasteiger partial charge on any atom is 0.319 e. The average Bonchev–Trinajstić information content (AvgIpc) is 2.64. The van der Waals surface area contributed by atoms with Gasteiger partial charge in [-0.25, -0.2) is 4.79 Å². The number of nitrogen functional groups attached to an aromatic ring is 1. The maximum absolute atomic E-state index is 12.2. The van der Waals surface area contributed by atoms with Crippen LogP contribution in [-0.4, -0.2) is 19.2 Å². The van der Waals surface area contributed by atoms with E-state index in [1.165, 1.54) is 0 Å². The van der Waals surface area contributed by atoms with E-state index in [2.05, 4.69) is 26.6 Å². The Labute approximate surface area is 168 Å². The molecule has 6 nitrogen and oxygen atoms in total. The summed E-state index contributed by atoms with van der Waals surface area (Å²) in [7, 11) is 0. The fraction of sp³-hybridized carbons (Fsp3) is 0.350. The van der Waals surface area contributed by atoms with E-state index >= 15 is 0 Å². The summed E-state index contributed by atoms with van der Waals surface area (Å²) in [5, 5.41) is 5.64. The zero-order valence-corrected chi connectivity index (χ0v) is 17.3. The van der Waals surface area contributed by atoms with Crippen molar-refractivity contribution in [2.24, 2.45) is 0 Å². The highest BCUT2D eigenvalue weighted by Gasteiger charge is 2.12. The zero-order valence-electron chi connectivity index (χ0n) is 15.7. The fourth-order valence-corrected chi connectivity index (χ4v) is 2.76. The Bertz CT molecular complexity index is 768. The molecule has 0 heterocycles. The van der Waals surface area contributed by atoms with Crippen molar-refractivity contribution in [1.82, 2.24) is 5.32 Å². The summed E-state index contributed by atoms with van der Waals surface area (Å²) in [4.78, 5) is 12.2. The van der Waals surface area contributed by atoms with Gasteiger partial charge in [-0.15, -0.1) is 0 Å². The topological polar surface area (TPSA) is 85.6 Å². The Balaban J connectivity index is 2.08. The van der Waals surface area contributed by atoms with Gasteiger partial charge in [0.15, 0.2) is 0 Å². The second kappa shape index (κ2) is 10.7. The molecule has 0 bridgehead atoms. The lowest BCUT2D eigenvalue weighted by atomic mass is 10.1. The Kier molecular flexibility index (Phi) is 8.26. The lowest BCUT2D eigenvalue weighted by Crippen LogP contribution is -2.28. The van der Waals surface area contributed by atoms with Gasteiger partial charge in [-0.05, 0) is 37.1 Å². The molecule has 0 unspecified atom stereocenters. The Hall–Kier alpha value is -2.41. The van der Waals surface area contributed by atoms with Crippen LogP contribution in [0.4, 0.5) is 16.2 Å². The minimum absolute atomic E-state index is 0.293. The quantitative estimate of drug-likeness (QED) is 0.487. The first-order valence-corrected chi connectivity index (χ1v) is 9.81. The average molecular weight is 436 g/mol. The van der Waals surface area contributed by atoms with Crippen molar-refractivity contribution in [2.75, 3.05) is 24.3 Å². The summed E-state index contributed by atoms with van der Waals surface area (Å²) in [5.74, 6) is 1.26. The monoisotopic (exact) mass is 435 g/mol. The van der Waals surface area contributed by atoms with E-state index in [1.807, 2.05) is 44.2 Å². The second-order valence-electron chi connectivity index (χ2n) is 6.01. The van der Waals surface area contributed by atoms with Crippen LogP contribution < -0.4 is 25.8 Å². The first-order valence-electron chi connectivity index (χ1n) is 9.01. The van der Waals surface area contributed by atoms with Crippen molar-refractivity contribution in [3.8, 4) is 11.5 Å². The molecule has 0 aliphatic carbocycles. The molecule has 0 fully saturated rings. The summed E-state index contributed by atoms with van der Waals surface area (Å²) in [6.45, 7) is 5.51. The molecule has 0 aromatic heterocycles. The summed E-state index contributed by atoms with van der Waals surface area (Å²) in [6, 6.07) is 10.7. The molecule has 2 rings (SSSR count). The SMILES string of the molecule is CCCOc1cc(CNC(=O)Nc2cccc(Br)c2)c(OCCC)cc1N. The van der Waals surface area contributed by atoms with Crippen LogP contribution in [0.5, 0.6) is 11.5 Å². The summed E-state index contributed by atoms with van der Waals surface area (Å²) in [6.07, 6.45) is 1.76. The van der Waals surface area contributed by atoms with Crippen LogP contribution in [-0.2, 0) is 6.54 Å². The molecular weight excluding hydrogens is 410 g/mol. The molecule has 4 N–H and O–H groups in total. The van der Waals surface area contributed by atoms with E-state index < -0.39 is 0 Å². The molecular formula is C20H26BrN3O3. The molecule has 146 valence electrons. The molecule has 7 heteroatoms. The van der Waals surface area contributed by atoms with Crippen molar-refractivity contribution >= 4 is 33.3 Å². The number of benzene rings is 2. The van der Waals surface area contributed by atoms with E-state index in [4.69, 9.17) is 15.2 Å². The van der Waals surface area contributed by atoms with Crippen LogP contribution >= 0.6 is 15.9 Å². The van der Waals surface area contributed by atoms with Crippen molar-refractivity contribution < 1.29 is 14.3 Å². The first kappa shape index (κ1) is 20.9. The van der Waals surface area contributed by atoms with Crippen molar-refractivity contribution in [2.45, 2.75) is 33.2 Å². The molecule has 0 radical (unpaired) electrons. The molecule has 27 heavy (non-hydrogen) atoms. The van der Waals surface area contributed by atoms with Crippen LogP contribution in [0.1, 0.15) is 32.3 Å². The zero-order chi connectivity index (χ0) is 19.6. The van der Waals surface area contributed by atoms with E-state index in [-0.39, 0.29) is 6.03 Å².